The minimum atomic E-state index is -3.41. The molecule has 1 aromatic rings. The third kappa shape index (κ3) is 7.31. The summed E-state index contributed by atoms with van der Waals surface area (Å²) in [5.41, 5.74) is 1.48. The van der Waals surface area contributed by atoms with Crippen LogP contribution in [0.4, 0.5) is 9.59 Å². The van der Waals surface area contributed by atoms with Crippen molar-refractivity contribution >= 4 is 22.1 Å². The van der Waals surface area contributed by atoms with E-state index in [9.17, 15) is 18.0 Å². The van der Waals surface area contributed by atoms with Crippen molar-refractivity contribution in [2.75, 3.05) is 46.4 Å². The maximum atomic E-state index is 12.9. The molecule has 1 aromatic carbocycles. The Morgan fingerprint density at radius 1 is 1.09 bits per heavy atom. The Balaban J connectivity index is 1.55. The molecule has 2 heterocycles. The first-order chi connectivity index (χ1) is 15.8. The van der Waals surface area contributed by atoms with Gasteiger partial charge in [-0.05, 0) is 29.9 Å². The van der Waals surface area contributed by atoms with Crippen LogP contribution in [0.2, 0.25) is 0 Å². The molecule has 2 saturated heterocycles. The zero-order chi connectivity index (χ0) is 23.8. The van der Waals surface area contributed by atoms with E-state index in [0.29, 0.717) is 50.8 Å². The lowest BCUT2D eigenvalue weighted by Crippen LogP contribution is -2.52. The van der Waals surface area contributed by atoms with Gasteiger partial charge in [0.15, 0.2) is 0 Å². The van der Waals surface area contributed by atoms with E-state index in [1.807, 2.05) is 18.2 Å². The van der Waals surface area contributed by atoms with Crippen molar-refractivity contribution in [3.8, 4) is 0 Å². The van der Waals surface area contributed by atoms with E-state index in [1.54, 1.807) is 15.3 Å². The summed E-state index contributed by atoms with van der Waals surface area (Å²) in [6.07, 6.45) is 1.48. The van der Waals surface area contributed by atoms with Crippen LogP contribution in [0.5, 0.6) is 0 Å². The van der Waals surface area contributed by atoms with Crippen LogP contribution >= 0.6 is 0 Å². The van der Waals surface area contributed by atoms with E-state index in [2.05, 4.69) is 22.9 Å². The number of carbonyl (C=O) groups is 2. The number of hydrogen-bond donors (Lipinski definition) is 3. The predicted molar refractivity (Wildman–Crippen MR) is 125 cm³/mol. The molecule has 2 aliphatic heterocycles. The number of piperidine rings is 1. The first kappa shape index (κ1) is 25.3. The molecule has 1 unspecified atom stereocenters. The van der Waals surface area contributed by atoms with Crippen LogP contribution < -0.4 is 16.0 Å². The molecule has 0 bridgehead atoms. The van der Waals surface area contributed by atoms with Crippen molar-refractivity contribution in [2.24, 2.45) is 5.92 Å². The van der Waals surface area contributed by atoms with Crippen LogP contribution in [0.25, 0.3) is 0 Å². The van der Waals surface area contributed by atoms with Gasteiger partial charge in [-0.3, -0.25) is 0 Å². The van der Waals surface area contributed by atoms with Crippen molar-refractivity contribution < 1.29 is 22.7 Å². The van der Waals surface area contributed by atoms with Gasteiger partial charge in [0.1, 0.15) is 0 Å². The maximum absolute atomic E-state index is 12.9. The Morgan fingerprint density at radius 2 is 1.79 bits per heavy atom. The lowest BCUT2D eigenvalue weighted by Gasteiger charge is -2.33. The number of benzene rings is 1. The van der Waals surface area contributed by atoms with E-state index < -0.39 is 10.0 Å². The molecule has 2 fully saturated rings. The van der Waals surface area contributed by atoms with Crippen molar-refractivity contribution in [3.63, 3.8) is 0 Å². The number of rotatable bonds is 7. The van der Waals surface area contributed by atoms with Gasteiger partial charge in [-0.25, -0.2) is 22.3 Å². The molecular formula is C22H35N5O5S. The molecule has 3 rings (SSSR count). The largest absolute Gasteiger partial charge is 0.373 e. The summed E-state index contributed by atoms with van der Waals surface area (Å²) >= 11 is 0. The number of sulfonamides is 1. The summed E-state index contributed by atoms with van der Waals surface area (Å²) < 4.78 is 33.1. The maximum Gasteiger partial charge on any atom is 0.317 e. The zero-order valence-corrected chi connectivity index (χ0v) is 20.2. The number of amides is 4. The average molecular weight is 482 g/mol. The van der Waals surface area contributed by atoms with Crippen LogP contribution in [0.3, 0.4) is 0 Å². The molecule has 33 heavy (non-hydrogen) atoms. The zero-order valence-electron chi connectivity index (χ0n) is 19.4. The fourth-order valence-corrected chi connectivity index (χ4v) is 5.65. The number of nitrogens with zero attached hydrogens (tertiary/aromatic N) is 2. The van der Waals surface area contributed by atoms with Gasteiger partial charge in [0.05, 0.1) is 25.0 Å². The highest BCUT2D eigenvalue weighted by Gasteiger charge is 2.28. The van der Waals surface area contributed by atoms with Gasteiger partial charge in [0.25, 0.3) is 0 Å². The average Bonchev–Trinajstić information content (AvgIpc) is 2.82. The van der Waals surface area contributed by atoms with Gasteiger partial charge in [-0.2, -0.15) is 0 Å². The smallest absolute Gasteiger partial charge is 0.317 e. The third-order valence-corrected chi connectivity index (χ3v) is 7.99. The fraction of sp³-hybridized carbons (Fsp3) is 0.636. The minimum absolute atomic E-state index is 0.0712. The number of morpholine rings is 1. The molecule has 0 radical (unpaired) electrons. The summed E-state index contributed by atoms with van der Waals surface area (Å²) in [5.74, 6) is 0.483. The normalized spacial score (nSPS) is 20.3. The van der Waals surface area contributed by atoms with Crippen molar-refractivity contribution in [3.05, 3.63) is 35.4 Å². The minimum Gasteiger partial charge on any atom is -0.373 e. The molecule has 1 atom stereocenters. The van der Waals surface area contributed by atoms with Gasteiger partial charge < -0.3 is 25.6 Å². The van der Waals surface area contributed by atoms with Crippen molar-refractivity contribution in [1.82, 2.24) is 25.2 Å². The molecule has 0 aromatic heterocycles. The van der Waals surface area contributed by atoms with E-state index in [4.69, 9.17) is 4.74 Å². The first-order valence-corrected chi connectivity index (χ1v) is 13.0. The second-order valence-electron chi connectivity index (χ2n) is 8.66. The number of carbonyl (C=O) groups excluding carboxylic acids is 2. The second-order valence-corrected chi connectivity index (χ2v) is 10.6. The van der Waals surface area contributed by atoms with Crippen LogP contribution in [0, 0.1) is 5.92 Å². The first-order valence-electron chi connectivity index (χ1n) is 11.4. The lowest BCUT2D eigenvalue weighted by atomic mass is 10.0. The molecule has 3 N–H and O–H groups in total. The molecule has 2 aliphatic rings. The lowest BCUT2D eigenvalue weighted by molar-refractivity contribution is -0.0115. The molecule has 0 saturated carbocycles. The Bertz CT molecular complexity index is 918. The molecule has 0 spiro atoms. The Kier molecular flexibility index (Phi) is 8.93. The van der Waals surface area contributed by atoms with Gasteiger partial charge in [-0.15, -0.1) is 0 Å². The van der Waals surface area contributed by atoms with E-state index in [1.165, 1.54) is 7.05 Å². The van der Waals surface area contributed by atoms with Crippen LogP contribution in [0.1, 0.15) is 30.9 Å². The highest BCUT2D eigenvalue weighted by Crippen LogP contribution is 2.22. The topological polar surface area (TPSA) is 120 Å². The second kappa shape index (κ2) is 11.7. The van der Waals surface area contributed by atoms with E-state index in [-0.39, 0.29) is 30.5 Å². The molecule has 10 nitrogen and oxygen atoms in total. The summed E-state index contributed by atoms with van der Waals surface area (Å²) in [4.78, 5) is 25.7. The van der Waals surface area contributed by atoms with Crippen LogP contribution in [-0.2, 0) is 27.1 Å². The van der Waals surface area contributed by atoms with Gasteiger partial charge in [0.2, 0.25) is 10.0 Å². The highest BCUT2D eigenvalue weighted by molar-refractivity contribution is 7.88. The summed E-state index contributed by atoms with van der Waals surface area (Å²) in [6, 6.07) is 6.77. The molecule has 4 amide bonds. The molecule has 184 valence electrons. The van der Waals surface area contributed by atoms with Gasteiger partial charge >= 0.3 is 12.1 Å². The van der Waals surface area contributed by atoms with Gasteiger partial charge in [-0.1, -0.05) is 31.2 Å². The molecule has 0 aliphatic carbocycles. The SMILES string of the molecule is CNC(=O)NCC1CN(C(=O)NCc2ccccc2CS(=O)(=O)N2CCC(C)CC2)CCO1. The van der Waals surface area contributed by atoms with Gasteiger partial charge in [0, 0.05) is 39.8 Å². The van der Waals surface area contributed by atoms with Crippen LogP contribution in [-0.4, -0.2) is 82.2 Å². The number of urea groups is 2. The predicted octanol–water partition coefficient (Wildman–Crippen LogP) is 1.09. The third-order valence-electron chi connectivity index (χ3n) is 6.17. The quantitative estimate of drug-likeness (QED) is 0.539. The van der Waals surface area contributed by atoms with E-state index in [0.717, 1.165) is 18.4 Å². The van der Waals surface area contributed by atoms with Crippen molar-refractivity contribution in [1.29, 1.82) is 0 Å². The summed E-state index contributed by atoms with van der Waals surface area (Å²) in [6.45, 7) is 5.02. The van der Waals surface area contributed by atoms with Crippen LogP contribution in [0.15, 0.2) is 24.3 Å². The highest BCUT2D eigenvalue weighted by atomic mass is 32.2. The standard InChI is InChI=1S/C22H35N5O5S/c1-17-7-9-27(10-8-17)33(30,31)16-19-6-4-3-5-18(19)13-25-22(29)26-11-12-32-20(15-26)14-24-21(28)23-2/h3-6,17,20H,7-16H2,1-2H3,(H,25,29)(H2,23,24,28). The monoisotopic (exact) mass is 481 g/mol. The number of ether oxygens (including phenoxy) is 1. The Morgan fingerprint density at radius 3 is 2.48 bits per heavy atom. The number of nitrogens with one attached hydrogen (secondary N) is 3. The molecule has 11 heteroatoms. The Hall–Kier alpha value is -2.37. The summed E-state index contributed by atoms with van der Waals surface area (Å²) in [5, 5.41) is 8.06. The number of hydrogen-bond acceptors (Lipinski definition) is 5. The Labute approximate surface area is 196 Å². The summed E-state index contributed by atoms with van der Waals surface area (Å²) in [7, 11) is -1.88. The van der Waals surface area contributed by atoms with E-state index >= 15 is 0 Å². The fourth-order valence-electron chi connectivity index (χ4n) is 4.03. The molecular weight excluding hydrogens is 446 g/mol. The van der Waals surface area contributed by atoms with Crippen molar-refractivity contribution in [2.45, 2.75) is 38.2 Å².